The van der Waals surface area contributed by atoms with Crippen molar-refractivity contribution in [3.05, 3.63) is 72.9 Å². The van der Waals surface area contributed by atoms with E-state index in [1.165, 1.54) is 13.1 Å². The summed E-state index contributed by atoms with van der Waals surface area (Å²) in [4.78, 5) is 65.3. The van der Waals surface area contributed by atoms with E-state index in [1.807, 2.05) is 0 Å². The van der Waals surface area contributed by atoms with Gasteiger partial charge in [-0.05, 0) is 30.2 Å². The second kappa shape index (κ2) is 13.5. The van der Waals surface area contributed by atoms with Crippen LogP contribution in [0.25, 0.3) is 10.4 Å². The van der Waals surface area contributed by atoms with Gasteiger partial charge in [-0.3, -0.25) is 18.9 Å². The van der Waals surface area contributed by atoms with Crippen molar-refractivity contribution in [1.29, 1.82) is 0 Å². The van der Waals surface area contributed by atoms with Crippen LogP contribution in [0.1, 0.15) is 23.8 Å². The smallest absolute Gasteiger partial charge is 0.488 e. The van der Waals surface area contributed by atoms with E-state index >= 15 is 0 Å². The molecule has 1 aliphatic rings. The second-order valence-electron chi connectivity index (χ2n) is 8.23. The lowest BCUT2D eigenvalue weighted by Crippen LogP contribution is -2.33. The number of aryl methyl sites for hydroxylation is 1. The van der Waals surface area contributed by atoms with Crippen molar-refractivity contribution in [3.63, 3.8) is 0 Å². The van der Waals surface area contributed by atoms with Crippen LogP contribution in [0, 0.1) is 6.92 Å². The van der Waals surface area contributed by atoms with Gasteiger partial charge in [0, 0.05) is 23.1 Å². The maximum atomic E-state index is 12.4. The molecule has 0 radical (unpaired) electrons. The number of ether oxygens (including phenoxy) is 3. The lowest BCUT2D eigenvalue weighted by Gasteiger charge is -2.21. The highest BCUT2D eigenvalue weighted by atomic mass is 31.3. The summed E-state index contributed by atoms with van der Waals surface area (Å²) in [6, 6.07) is 6.43. The molecule has 2 heterocycles. The number of phosphoric ester groups is 1. The molecule has 0 spiro atoms. The zero-order valence-corrected chi connectivity index (χ0v) is 23.5. The van der Waals surface area contributed by atoms with Crippen molar-refractivity contribution >= 4 is 23.5 Å². The van der Waals surface area contributed by atoms with Crippen LogP contribution in [0.4, 0.5) is 0 Å². The summed E-state index contributed by atoms with van der Waals surface area (Å²) in [6.07, 6.45) is -1.96. The Hall–Kier alpha value is -2.66. The van der Waals surface area contributed by atoms with Crippen molar-refractivity contribution in [2.45, 2.75) is 38.4 Å². The molecule has 23 heteroatoms. The predicted molar refractivity (Wildman–Crippen MR) is 134 cm³/mol. The standard InChI is InChI=1S/C18H24N5O15P3/c1-11-7-23(18(25)21-17(11)24)16-6-14(33-8-12-2-4-13(5-3-12)34-10-20-22-19)15(36-16)9-35-40(29,30)38-41(31,32)37-39(26,27)28/h2-5,7,14-16H,6,8-10H2,1H3,(H,29,30)(H,31,32)(H,21,24,25)(H2,26,27,28)/t14?,15-,16-/m1/s1. The first-order valence-corrected chi connectivity index (χ1v) is 15.7. The average Bonchev–Trinajstić information content (AvgIpc) is 3.25. The molecule has 0 aliphatic carbocycles. The Bertz CT molecular complexity index is 1530. The van der Waals surface area contributed by atoms with Gasteiger partial charge in [0.15, 0.2) is 6.73 Å². The van der Waals surface area contributed by atoms with Crippen LogP contribution < -0.4 is 16.0 Å². The minimum Gasteiger partial charge on any atom is -0.488 e. The molecular weight excluding hydrogens is 619 g/mol. The normalized spacial score (nSPS) is 21.9. The van der Waals surface area contributed by atoms with E-state index in [9.17, 15) is 33.1 Å². The van der Waals surface area contributed by atoms with Gasteiger partial charge in [0.05, 0.1) is 19.3 Å². The molecule has 41 heavy (non-hydrogen) atoms. The Kier molecular flexibility index (Phi) is 10.9. The number of aromatic nitrogens is 2. The molecule has 1 aliphatic heterocycles. The van der Waals surface area contributed by atoms with Crippen molar-refractivity contribution < 1.29 is 60.6 Å². The van der Waals surface area contributed by atoms with Gasteiger partial charge in [0.2, 0.25) is 0 Å². The van der Waals surface area contributed by atoms with Crippen LogP contribution >= 0.6 is 23.5 Å². The summed E-state index contributed by atoms with van der Waals surface area (Å²) >= 11 is 0. The second-order valence-corrected chi connectivity index (χ2v) is 12.6. The molecule has 3 unspecified atom stereocenters. The first kappa shape index (κ1) is 32.8. The van der Waals surface area contributed by atoms with E-state index in [-0.39, 0.29) is 25.3 Å². The molecule has 0 bridgehead atoms. The molecule has 1 fully saturated rings. The fourth-order valence-corrected chi connectivity index (χ4v) is 6.51. The van der Waals surface area contributed by atoms with Crippen LogP contribution in [0.3, 0.4) is 0 Å². The van der Waals surface area contributed by atoms with E-state index < -0.39 is 59.8 Å². The first-order chi connectivity index (χ1) is 19.1. The van der Waals surface area contributed by atoms with Crippen LogP contribution in [0.2, 0.25) is 0 Å². The van der Waals surface area contributed by atoms with E-state index in [2.05, 4.69) is 28.2 Å². The molecule has 226 valence electrons. The van der Waals surface area contributed by atoms with E-state index in [4.69, 9.17) is 29.5 Å². The molecule has 5 atom stereocenters. The fraction of sp³-hybridized carbons (Fsp3) is 0.444. The number of benzene rings is 1. The largest absolute Gasteiger partial charge is 0.490 e. The van der Waals surface area contributed by atoms with Gasteiger partial charge in [-0.1, -0.05) is 17.2 Å². The van der Waals surface area contributed by atoms with Crippen LogP contribution in [0.5, 0.6) is 5.75 Å². The van der Waals surface area contributed by atoms with Gasteiger partial charge in [0.1, 0.15) is 18.1 Å². The maximum absolute atomic E-state index is 12.4. The number of hydrogen-bond acceptors (Lipinski definition) is 12. The minimum absolute atomic E-state index is 0.0246. The maximum Gasteiger partial charge on any atom is 0.490 e. The van der Waals surface area contributed by atoms with Gasteiger partial charge in [-0.15, -0.1) is 0 Å². The summed E-state index contributed by atoms with van der Waals surface area (Å²) in [5, 5.41) is 3.25. The number of nitrogens with one attached hydrogen (secondary N) is 1. The highest BCUT2D eigenvalue weighted by molar-refractivity contribution is 7.66. The number of aromatic amines is 1. The molecule has 2 aromatic rings. The summed E-state index contributed by atoms with van der Waals surface area (Å²) in [6.45, 7) is 0.370. The number of rotatable bonds is 14. The summed E-state index contributed by atoms with van der Waals surface area (Å²) in [7, 11) is -16.8. The fourth-order valence-electron chi connectivity index (χ4n) is 3.48. The lowest BCUT2D eigenvalue weighted by atomic mass is 10.1. The molecule has 1 aromatic heterocycles. The molecule has 1 aromatic carbocycles. The van der Waals surface area contributed by atoms with Gasteiger partial charge in [-0.25, -0.2) is 18.5 Å². The zero-order valence-electron chi connectivity index (χ0n) is 20.9. The summed E-state index contributed by atoms with van der Waals surface area (Å²) in [5.41, 5.74) is 7.69. The third-order valence-electron chi connectivity index (χ3n) is 5.19. The highest BCUT2D eigenvalue weighted by Crippen LogP contribution is 2.66. The van der Waals surface area contributed by atoms with Crippen molar-refractivity contribution in [3.8, 4) is 5.75 Å². The molecule has 1 saturated heterocycles. The van der Waals surface area contributed by atoms with Crippen molar-refractivity contribution in [1.82, 2.24) is 9.55 Å². The number of H-pyrrole nitrogens is 1. The summed E-state index contributed by atoms with van der Waals surface area (Å²) in [5.74, 6) is 0.409. The Labute approximate surface area is 229 Å². The number of hydrogen-bond donors (Lipinski definition) is 5. The first-order valence-electron chi connectivity index (χ1n) is 11.2. The monoisotopic (exact) mass is 643 g/mol. The average molecular weight is 643 g/mol. The lowest BCUT2D eigenvalue weighted by molar-refractivity contribution is -0.0646. The van der Waals surface area contributed by atoms with Crippen molar-refractivity contribution in [2.75, 3.05) is 13.3 Å². The molecular formula is C18H24N5O15P3. The van der Waals surface area contributed by atoms with Crippen LogP contribution in [-0.4, -0.2) is 54.7 Å². The number of phosphoric acid groups is 3. The SMILES string of the molecule is Cc1cn([C@H]2CC(OCc3ccc(OCN=[N+]=[N-])cc3)[C@@H](COP(=O)(O)OP(=O)(O)OP(=O)(O)O)O2)c(=O)[nH]c1=O. The van der Waals surface area contributed by atoms with Crippen LogP contribution in [0.15, 0.2) is 45.2 Å². The Morgan fingerprint density at radius 1 is 1.12 bits per heavy atom. The summed E-state index contributed by atoms with van der Waals surface area (Å²) < 4.78 is 64.6. The number of nitrogens with zero attached hydrogens (tertiary/aromatic N) is 4. The van der Waals surface area contributed by atoms with Gasteiger partial charge < -0.3 is 33.8 Å². The Morgan fingerprint density at radius 2 is 1.80 bits per heavy atom. The molecule has 5 N–H and O–H groups in total. The van der Waals surface area contributed by atoms with E-state index in [0.717, 1.165) is 4.57 Å². The van der Waals surface area contributed by atoms with Gasteiger partial charge >= 0.3 is 29.2 Å². The molecule has 3 rings (SSSR count). The van der Waals surface area contributed by atoms with E-state index in [0.29, 0.717) is 11.3 Å². The molecule has 20 nitrogen and oxygen atoms in total. The quantitative estimate of drug-likeness (QED) is 0.0847. The number of azide groups is 1. The highest BCUT2D eigenvalue weighted by Gasteiger charge is 2.43. The molecule has 0 amide bonds. The van der Waals surface area contributed by atoms with Crippen molar-refractivity contribution in [2.24, 2.45) is 5.11 Å². The Balaban J connectivity index is 1.74. The van der Waals surface area contributed by atoms with Gasteiger partial charge in [-0.2, -0.15) is 8.62 Å². The van der Waals surface area contributed by atoms with Gasteiger partial charge in [0.25, 0.3) is 5.56 Å². The Morgan fingerprint density at radius 3 is 2.44 bits per heavy atom. The third-order valence-corrected chi connectivity index (χ3v) is 9.00. The van der Waals surface area contributed by atoms with E-state index in [1.54, 1.807) is 24.3 Å². The minimum atomic E-state index is -5.74. The topological polar surface area (TPSA) is 291 Å². The van der Waals surface area contributed by atoms with Crippen LogP contribution in [-0.2, 0) is 42.9 Å². The zero-order chi connectivity index (χ0) is 30.4. The molecule has 0 saturated carbocycles. The third kappa shape index (κ3) is 10.3. The predicted octanol–water partition coefficient (Wildman–Crippen LogP) is 1.71.